The van der Waals surface area contributed by atoms with Gasteiger partial charge in [-0.3, -0.25) is 4.79 Å². The molecule has 0 saturated carbocycles. The molecule has 0 bridgehead atoms. The predicted octanol–water partition coefficient (Wildman–Crippen LogP) is 4.59. The molecule has 0 amide bonds. The largest absolute Gasteiger partial charge is 0.462 e. The van der Waals surface area contributed by atoms with Crippen LogP contribution in [0.15, 0.2) is 60.7 Å². The first-order valence-electron chi connectivity index (χ1n) is 8.64. The number of benzene rings is 2. The van der Waals surface area contributed by atoms with Crippen molar-refractivity contribution in [3.63, 3.8) is 0 Å². The maximum Gasteiger partial charge on any atom is 0.340 e. The van der Waals surface area contributed by atoms with Gasteiger partial charge in [-0.05, 0) is 19.4 Å². The van der Waals surface area contributed by atoms with Crippen LogP contribution in [0, 0.1) is 6.92 Å². The quantitative estimate of drug-likeness (QED) is 0.524. The van der Waals surface area contributed by atoms with Crippen LogP contribution >= 0.6 is 0 Å². The van der Waals surface area contributed by atoms with E-state index in [9.17, 15) is 9.59 Å². The molecule has 4 heteroatoms. The third kappa shape index (κ3) is 3.59. The minimum atomic E-state index is -0.403. The molecule has 0 fully saturated rings. The molecule has 0 aliphatic heterocycles. The molecule has 132 valence electrons. The molecule has 2 aromatic carbocycles. The van der Waals surface area contributed by atoms with Crippen LogP contribution in [0.4, 0.5) is 0 Å². The molecule has 26 heavy (non-hydrogen) atoms. The zero-order valence-corrected chi connectivity index (χ0v) is 14.9. The highest BCUT2D eigenvalue weighted by molar-refractivity contribution is 6.02. The Balaban J connectivity index is 2.08. The molecular formula is C22H21NO3. The number of carbonyl (C=O) groups is 2. The molecule has 1 N–H and O–H groups in total. The fourth-order valence-electron chi connectivity index (χ4n) is 3.07. The minimum Gasteiger partial charge on any atom is -0.462 e. The molecule has 4 nitrogen and oxygen atoms in total. The summed E-state index contributed by atoms with van der Waals surface area (Å²) in [5.41, 5.74) is 4.19. The summed E-state index contributed by atoms with van der Waals surface area (Å²) in [7, 11) is 0. The van der Waals surface area contributed by atoms with Crippen LogP contribution in [-0.2, 0) is 11.2 Å². The van der Waals surface area contributed by atoms with Crippen molar-refractivity contribution in [3.05, 3.63) is 83.0 Å². The molecule has 3 rings (SSSR count). The number of H-pyrrole nitrogens is 1. The van der Waals surface area contributed by atoms with E-state index in [-0.39, 0.29) is 18.8 Å². The standard InChI is InChI=1S/C22H21NO3/c1-3-26-22(25)20-15(2)23-21(17-12-8-5-9-13-17)18(20)14-19(24)16-10-6-4-7-11-16/h4-13,23H,3,14H2,1-2H3. The van der Waals surface area contributed by atoms with Gasteiger partial charge < -0.3 is 9.72 Å². The van der Waals surface area contributed by atoms with Crippen molar-refractivity contribution in [1.82, 2.24) is 4.98 Å². The molecule has 0 spiro atoms. The van der Waals surface area contributed by atoms with Gasteiger partial charge in [-0.2, -0.15) is 0 Å². The van der Waals surface area contributed by atoms with Crippen molar-refractivity contribution in [3.8, 4) is 11.3 Å². The zero-order chi connectivity index (χ0) is 18.5. The molecule has 3 aromatic rings. The molecule has 0 saturated heterocycles. The van der Waals surface area contributed by atoms with Gasteiger partial charge >= 0.3 is 5.97 Å². The Hall–Kier alpha value is -3.14. The number of ketones is 1. The Labute approximate surface area is 152 Å². The van der Waals surface area contributed by atoms with Crippen molar-refractivity contribution in [2.45, 2.75) is 20.3 Å². The lowest BCUT2D eigenvalue weighted by Gasteiger charge is -2.08. The van der Waals surface area contributed by atoms with Gasteiger partial charge in [-0.1, -0.05) is 60.7 Å². The van der Waals surface area contributed by atoms with Gasteiger partial charge in [0.05, 0.1) is 17.9 Å². The van der Waals surface area contributed by atoms with E-state index < -0.39 is 5.97 Å². The maximum atomic E-state index is 12.8. The summed E-state index contributed by atoms with van der Waals surface area (Å²) >= 11 is 0. The second kappa shape index (κ2) is 7.83. The minimum absolute atomic E-state index is 0.0349. The number of carbonyl (C=O) groups excluding carboxylic acids is 2. The summed E-state index contributed by atoms with van der Waals surface area (Å²) in [6.07, 6.45) is 0.132. The van der Waals surface area contributed by atoms with E-state index in [4.69, 9.17) is 4.74 Å². The van der Waals surface area contributed by atoms with E-state index in [0.29, 0.717) is 22.4 Å². The summed E-state index contributed by atoms with van der Waals surface area (Å²) in [6, 6.07) is 18.8. The van der Waals surface area contributed by atoms with Crippen molar-refractivity contribution >= 4 is 11.8 Å². The normalized spacial score (nSPS) is 10.5. The number of rotatable bonds is 6. The number of aryl methyl sites for hydroxylation is 1. The number of hydrogen-bond donors (Lipinski definition) is 1. The van der Waals surface area contributed by atoms with Crippen LogP contribution in [0.3, 0.4) is 0 Å². The smallest absolute Gasteiger partial charge is 0.340 e. The Bertz CT molecular complexity index is 911. The van der Waals surface area contributed by atoms with Crippen LogP contribution < -0.4 is 0 Å². The highest BCUT2D eigenvalue weighted by Gasteiger charge is 2.24. The summed E-state index contributed by atoms with van der Waals surface area (Å²) in [6.45, 7) is 3.89. The van der Waals surface area contributed by atoms with Gasteiger partial charge in [0.2, 0.25) is 0 Å². The van der Waals surface area contributed by atoms with Crippen LogP contribution in [0.1, 0.15) is 38.9 Å². The first kappa shape index (κ1) is 17.7. The molecule has 1 aromatic heterocycles. The van der Waals surface area contributed by atoms with Crippen LogP contribution in [0.5, 0.6) is 0 Å². The highest BCUT2D eigenvalue weighted by atomic mass is 16.5. The van der Waals surface area contributed by atoms with Crippen molar-refractivity contribution in [2.24, 2.45) is 0 Å². The molecule has 0 unspecified atom stereocenters. The van der Waals surface area contributed by atoms with Crippen LogP contribution in [0.2, 0.25) is 0 Å². The number of nitrogens with one attached hydrogen (secondary N) is 1. The van der Waals surface area contributed by atoms with Gasteiger partial charge in [0.15, 0.2) is 5.78 Å². The first-order chi connectivity index (χ1) is 12.6. The molecule has 0 aliphatic carbocycles. The van der Waals surface area contributed by atoms with E-state index in [1.54, 1.807) is 19.1 Å². The lowest BCUT2D eigenvalue weighted by molar-refractivity contribution is 0.0525. The van der Waals surface area contributed by atoms with Crippen molar-refractivity contribution in [1.29, 1.82) is 0 Å². The number of aromatic nitrogens is 1. The topological polar surface area (TPSA) is 59.2 Å². The number of Topliss-reactive ketones (excluding diaryl/α,β-unsaturated/α-hetero) is 1. The fourth-order valence-corrected chi connectivity index (χ4v) is 3.07. The third-order valence-corrected chi connectivity index (χ3v) is 4.27. The van der Waals surface area contributed by atoms with Gasteiger partial charge in [0.25, 0.3) is 0 Å². The molecule has 1 heterocycles. The number of esters is 1. The summed E-state index contributed by atoms with van der Waals surface area (Å²) in [4.78, 5) is 28.5. The second-order valence-corrected chi connectivity index (χ2v) is 6.03. The summed E-state index contributed by atoms with van der Waals surface area (Å²) in [5, 5.41) is 0. The molecule has 0 aliphatic rings. The predicted molar refractivity (Wildman–Crippen MR) is 101 cm³/mol. The zero-order valence-electron chi connectivity index (χ0n) is 14.9. The van der Waals surface area contributed by atoms with Crippen LogP contribution in [-0.4, -0.2) is 23.3 Å². The van der Waals surface area contributed by atoms with Gasteiger partial charge in [-0.15, -0.1) is 0 Å². The van der Waals surface area contributed by atoms with Crippen molar-refractivity contribution in [2.75, 3.05) is 6.61 Å². The molecule has 0 radical (unpaired) electrons. The number of ether oxygens (including phenoxy) is 1. The van der Waals surface area contributed by atoms with Crippen LogP contribution in [0.25, 0.3) is 11.3 Å². The first-order valence-corrected chi connectivity index (χ1v) is 8.64. The Morgan fingerprint density at radius 3 is 2.19 bits per heavy atom. The van der Waals surface area contributed by atoms with E-state index in [2.05, 4.69) is 4.98 Å². The Morgan fingerprint density at radius 2 is 1.58 bits per heavy atom. The van der Waals surface area contributed by atoms with Gasteiger partial charge in [-0.25, -0.2) is 4.79 Å². The number of aromatic amines is 1. The van der Waals surface area contributed by atoms with E-state index in [0.717, 1.165) is 11.3 Å². The summed E-state index contributed by atoms with van der Waals surface area (Å²) in [5.74, 6) is -0.438. The maximum absolute atomic E-state index is 12.8. The average molecular weight is 347 g/mol. The fraction of sp³-hybridized carbons (Fsp3) is 0.182. The second-order valence-electron chi connectivity index (χ2n) is 6.03. The highest BCUT2D eigenvalue weighted by Crippen LogP contribution is 2.30. The average Bonchev–Trinajstić information content (AvgIpc) is 2.99. The van der Waals surface area contributed by atoms with E-state index in [1.165, 1.54) is 0 Å². The van der Waals surface area contributed by atoms with Crippen molar-refractivity contribution < 1.29 is 14.3 Å². The van der Waals surface area contributed by atoms with Gasteiger partial charge in [0.1, 0.15) is 0 Å². The SMILES string of the molecule is CCOC(=O)c1c(C)[nH]c(-c2ccccc2)c1CC(=O)c1ccccc1. The lowest BCUT2D eigenvalue weighted by atomic mass is 9.96. The monoisotopic (exact) mass is 347 g/mol. The molecule has 0 atom stereocenters. The van der Waals surface area contributed by atoms with E-state index in [1.807, 2.05) is 55.5 Å². The molecular weight excluding hydrogens is 326 g/mol. The van der Waals surface area contributed by atoms with E-state index >= 15 is 0 Å². The van der Waals surface area contributed by atoms with Gasteiger partial charge in [0, 0.05) is 23.2 Å². The summed E-state index contributed by atoms with van der Waals surface area (Å²) < 4.78 is 5.22. The number of hydrogen-bond acceptors (Lipinski definition) is 3. The Morgan fingerprint density at radius 1 is 0.962 bits per heavy atom. The third-order valence-electron chi connectivity index (χ3n) is 4.27. The Kier molecular flexibility index (Phi) is 5.32. The lowest BCUT2D eigenvalue weighted by Crippen LogP contribution is -2.11.